The van der Waals surface area contributed by atoms with Crippen LogP contribution < -0.4 is 0 Å². The molecule has 0 bridgehead atoms. The first-order valence-electron chi connectivity index (χ1n) is 7.01. The van der Waals surface area contributed by atoms with Crippen molar-refractivity contribution in [2.45, 2.75) is 0 Å². The van der Waals surface area contributed by atoms with Crippen molar-refractivity contribution in [3.05, 3.63) is 72.3 Å². The van der Waals surface area contributed by atoms with Crippen molar-refractivity contribution >= 4 is 5.97 Å². The summed E-state index contributed by atoms with van der Waals surface area (Å²) in [6.07, 6.45) is 0. The highest BCUT2D eigenvalue weighted by atomic mass is 16.4. The zero-order valence-corrected chi connectivity index (χ0v) is 12.1. The normalized spacial score (nSPS) is 10.4. The second kappa shape index (κ2) is 5.85. The molecule has 0 aliphatic carbocycles. The summed E-state index contributed by atoms with van der Waals surface area (Å²) in [5.74, 6) is -0.682. The molecule has 23 heavy (non-hydrogen) atoms. The number of benzene rings is 3. The Hall–Kier alpha value is -3.27. The summed E-state index contributed by atoms with van der Waals surface area (Å²) < 4.78 is 0. The smallest absolute Gasteiger partial charge is 0.335 e. The van der Waals surface area contributed by atoms with Crippen molar-refractivity contribution < 1.29 is 20.1 Å². The summed E-state index contributed by atoms with van der Waals surface area (Å²) in [6.45, 7) is 0. The van der Waals surface area contributed by atoms with Crippen LogP contribution in [0.2, 0.25) is 0 Å². The third kappa shape index (κ3) is 3.01. The van der Waals surface area contributed by atoms with Crippen molar-refractivity contribution in [2.75, 3.05) is 0 Å². The summed E-state index contributed by atoms with van der Waals surface area (Å²) in [7, 11) is 0. The van der Waals surface area contributed by atoms with E-state index in [1.807, 2.05) is 0 Å². The molecule has 0 heterocycles. The number of carbonyl (C=O) groups is 1. The molecular weight excluding hydrogens is 292 g/mol. The first-order chi connectivity index (χ1) is 11.0. The van der Waals surface area contributed by atoms with E-state index in [0.29, 0.717) is 0 Å². The highest BCUT2D eigenvalue weighted by Gasteiger charge is 2.12. The lowest BCUT2D eigenvalue weighted by Gasteiger charge is -2.12. The molecule has 0 aliphatic heterocycles. The van der Waals surface area contributed by atoms with E-state index in [1.165, 1.54) is 0 Å². The lowest BCUT2D eigenvalue weighted by molar-refractivity contribution is 0.0697. The van der Waals surface area contributed by atoms with Gasteiger partial charge in [0.25, 0.3) is 0 Å². The Morgan fingerprint density at radius 1 is 0.652 bits per heavy atom. The lowest BCUT2D eigenvalue weighted by atomic mass is 9.92. The summed E-state index contributed by atoms with van der Waals surface area (Å²) >= 11 is 0. The van der Waals surface area contributed by atoms with Crippen molar-refractivity contribution in [1.29, 1.82) is 0 Å². The maximum absolute atomic E-state index is 11.3. The van der Waals surface area contributed by atoms with E-state index < -0.39 is 5.97 Å². The molecule has 4 heteroatoms. The SMILES string of the molecule is O=C(O)c1ccc(-c2ccc(O)cc2)c(-c2ccc(O)cc2)c1. The standard InChI is InChI=1S/C19H14O4/c20-15-6-1-12(2-7-15)17-10-5-14(19(22)23)11-18(17)13-3-8-16(21)9-4-13/h1-11,20-21H,(H,22,23). The van der Waals surface area contributed by atoms with Gasteiger partial charge in [0.1, 0.15) is 11.5 Å². The Morgan fingerprint density at radius 3 is 1.61 bits per heavy atom. The lowest BCUT2D eigenvalue weighted by Crippen LogP contribution is -1.97. The third-order valence-electron chi connectivity index (χ3n) is 3.62. The Bertz CT molecular complexity index is 850. The van der Waals surface area contributed by atoms with Gasteiger partial charge in [-0.3, -0.25) is 0 Å². The van der Waals surface area contributed by atoms with E-state index >= 15 is 0 Å². The van der Waals surface area contributed by atoms with Crippen LogP contribution in [0, 0.1) is 0 Å². The predicted molar refractivity (Wildman–Crippen MR) is 87.6 cm³/mol. The largest absolute Gasteiger partial charge is 0.508 e. The maximum Gasteiger partial charge on any atom is 0.335 e. The predicted octanol–water partition coefficient (Wildman–Crippen LogP) is 4.13. The third-order valence-corrected chi connectivity index (χ3v) is 3.62. The van der Waals surface area contributed by atoms with E-state index in [9.17, 15) is 20.1 Å². The van der Waals surface area contributed by atoms with Gasteiger partial charge in [-0.05, 0) is 58.7 Å². The van der Waals surface area contributed by atoms with E-state index in [0.717, 1.165) is 22.3 Å². The number of phenolic OH excluding ortho intramolecular Hbond substituents is 2. The second-order valence-electron chi connectivity index (χ2n) is 5.16. The molecule has 3 rings (SSSR count). The average Bonchev–Trinajstić information content (AvgIpc) is 2.56. The molecule has 3 aromatic carbocycles. The Balaban J connectivity index is 2.20. The van der Waals surface area contributed by atoms with Crippen LogP contribution >= 0.6 is 0 Å². The molecule has 0 radical (unpaired) electrons. The molecule has 0 fully saturated rings. The van der Waals surface area contributed by atoms with Crippen LogP contribution in [0.4, 0.5) is 0 Å². The Labute approximate surface area is 132 Å². The van der Waals surface area contributed by atoms with Crippen LogP contribution in [-0.4, -0.2) is 21.3 Å². The van der Waals surface area contributed by atoms with E-state index in [2.05, 4.69) is 0 Å². The van der Waals surface area contributed by atoms with Crippen LogP contribution in [-0.2, 0) is 0 Å². The van der Waals surface area contributed by atoms with E-state index in [-0.39, 0.29) is 17.1 Å². The topological polar surface area (TPSA) is 77.8 Å². The van der Waals surface area contributed by atoms with Crippen LogP contribution in [0.1, 0.15) is 10.4 Å². The van der Waals surface area contributed by atoms with Gasteiger partial charge in [-0.15, -0.1) is 0 Å². The summed E-state index contributed by atoms with van der Waals surface area (Å²) in [4.78, 5) is 11.3. The number of aromatic carboxylic acids is 1. The van der Waals surface area contributed by atoms with Gasteiger partial charge in [-0.1, -0.05) is 30.3 Å². The minimum atomic E-state index is -0.998. The van der Waals surface area contributed by atoms with Gasteiger partial charge >= 0.3 is 5.97 Å². The van der Waals surface area contributed by atoms with Crippen LogP contribution in [0.15, 0.2) is 66.7 Å². The summed E-state index contributed by atoms with van der Waals surface area (Å²) in [5, 5.41) is 28.1. The summed E-state index contributed by atoms with van der Waals surface area (Å²) in [5.41, 5.74) is 3.45. The minimum absolute atomic E-state index is 0.148. The number of phenols is 2. The van der Waals surface area contributed by atoms with Gasteiger partial charge in [0.15, 0.2) is 0 Å². The monoisotopic (exact) mass is 306 g/mol. The molecule has 0 amide bonds. The molecule has 0 aliphatic rings. The molecule has 0 saturated carbocycles. The van der Waals surface area contributed by atoms with Crippen molar-refractivity contribution in [3.8, 4) is 33.8 Å². The first-order valence-corrected chi connectivity index (χ1v) is 7.01. The average molecular weight is 306 g/mol. The number of hydrogen-bond acceptors (Lipinski definition) is 3. The van der Waals surface area contributed by atoms with Gasteiger partial charge in [0, 0.05) is 0 Å². The van der Waals surface area contributed by atoms with Gasteiger partial charge in [0.2, 0.25) is 0 Å². The minimum Gasteiger partial charge on any atom is -0.508 e. The van der Waals surface area contributed by atoms with Gasteiger partial charge in [-0.2, -0.15) is 0 Å². The van der Waals surface area contributed by atoms with Crippen LogP contribution in [0.3, 0.4) is 0 Å². The van der Waals surface area contributed by atoms with Gasteiger partial charge < -0.3 is 15.3 Å². The van der Waals surface area contributed by atoms with E-state index in [1.54, 1.807) is 66.7 Å². The molecule has 0 atom stereocenters. The van der Waals surface area contributed by atoms with Crippen LogP contribution in [0.25, 0.3) is 22.3 Å². The van der Waals surface area contributed by atoms with Gasteiger partial charge in [-0.25, -0.2) is 4.79 Å². The molecule has 0 unspecified atom stereocenters. The van der Waals surface area contributed by atoms with Crippen molar-refractivity contribution in [1.82, 2.24) is 0 Å². The number of carboxylic acid groups (broad SMARTS) is 1. The van der Waals surface area contributed by atoms with Crippen LogP contribution in [0.5, 0.6) is 11.5 Å². The highest BCUT2D eigenvalue weighted by Crippen LogP contribution is 2.34. The molecule has 0 spiro atoms. The fourth-order valence-electron chi connectivity index (χ4n) is 2.45. The highest BCUT2D eigenvalue weighted by molar-refractivity contribution is 5.93. The van der Waals surface area contributed by atoms with E-state index in [4.69, 9.17) is 0 Å². The Morgan fingerprint density at radius 2 is 1.13 bits per heavy atom. The first kappa shape index (κ1) is 14.7. The molecule has 3 aromatic rings. The molecule has 0 saturated heterocycles. The maximum atomic E-state index is 11.3. The quantitative estimate of drug-likeness (QED) is 0.680. The number of rotatable bonds is 3. The molecule has 4 nitrogen and oxygen atoms in total. The fourth-order valence-corrected chi connectivity index (χ4v) is 2.45. The second-order valence-corrected chi connectivity index (χ2v) is 5.16. The molecule has 3 N–H and O–H groups in total. The van der Waals surface area contributed by atoms with Crippen molar-refractivity contribution in [3.63, 3.8) is 0 Å². The number of aromatic hydroxyl groups is 2. The molecule has 0 aromatic heterocycles. The van der Waals surface area contributed by atoms with Gasteiger partial charge in [0.05, 0.1) is 5.56 Å². The zero-order valence-electron chi connectivity index (χ0n) is 12.1. The number of hydrogen-bond donors (Lipinski definition) is 3. The molecule has 114 valence electrons. The van der Waals surface area contributed by atoms with Crippen molar-refractivity contribution in [2.24, 2.45) is 0 Å². The fraction of sp³-hybridized carbons (Fsp3) is 0. The molecular formula is C19H14O4. The zero-order chi connectivity index (χ0) is 16.4. The summed E-state index contributed by atoms with van der Waals surface area (Å²) in [6, 6.07) is 18.2. The Kier molecular flexibility index (Phi) is 3.73. The number of carboxylic acids is 1.